The summed E-state index contributed by atoms with van der Waals surface area (Å²) >= 11 is 0. The van der Waals surface area contributed by atoms with Crippen molar-refractivity contribution >= 4 is 22.8 Å². The number of ether oxygens (including phenoxy) is 1. The number of fused-ring (bicyclic) bond motifs is 1. The zero-order chi connectivity index (χ0) is 15.4. The number of rotatable bonds is 5. The highest BCUT2D eigenvalue weighted by Crippen LogP contribution is 2.19. The van der Waals surface area contributed by atoms with Crippen molar-refractivity contribution in [1.82, 2.24) is 5.32 Å². The standard InChI is InChI=1S/C16H19NO4/c1-10(2)9-17-15(18)11(3)20-16(19)14-8-12-6-4-5-7-13(12)21-14/h4-8,10-11H,9H2,1-3H3,(H,17,18)/t11-/m0/s1. The third-order valence-corrected chi connectivity index (χ3v) is 2.96. The minimum Gasteiger partial charge on any atom is -0.449 e. The minimum absolute atomic E-state index is 0.0970. The highest BCUT2D eigenvalue weighted by molar-refractivity contribution is 5.94. The molecule has 0 radical (unpaired) electrons. The van der Waals surface area contributed by atoms with E-state index >= 15 is 0 Å². The third kappa shape index (κ3) is 3.84. The van der Waals surface area contributed by atoms with Gasteiger partial charge in [0.2, 0.25) is 5.76 Å². The summed E-state index contributed by atoms with van der Waals surface area (Å²) in [5, 5.41) is 3.54. The Balaban J connectivity index is 1.98. The second-order valence-corrected chi connectivity index (χ2v) is 5.34. The number of carbonyl (C=O) groups excluding carboxylic acids is 2. The van der Waals surface area contributed by atoms with E-state index in [1.807, 2.05) is 32.0 Å². The molecule has 5 nitrogen and oxygen atoms in total. The van der Waals surface area contributed by atoms with Crippen LogP contribution in [0.15, 0.2) is 34.7 Å². The predicted octanol–water partition coefficient (Wildman–Crippen LogP) is 2.75. The normalized spacial score (nSPS) is 12.4. The molecule has 1 amide bonds. The van der Waals surface area contributed by atoms with E-state index in [0.29, 0.717) is 18.0 Å². The van der Waals surface area contributed by atoms with Gasteiger partial charge in [-0.05, 0) is 25.0 Å². The number of furan rings is 1. The molecule has 1 aromatic carbocycles. The Hall–Kier alpha value is -2.30. The topological polar surface area (TPSA) is 68.5 Å². The van der Waals surface area contributed by atoms with E-state index in [1.165, 1.54) is 6.92 Å². The lowest BCUT2D eigenvalue weighted by molar-refractivity contribution is -0.129. The maximum Gasteiger partial charge on any atom is 0.375 e. The van der Waals surface area contributed by atoms with Gasteiger partial charge in [0.1, 0.15) is 5.58 Å². The molecule has 0 saturated heterocycles. The first kappa shape index (κ1) is 15.1. The van der Waals surface area contributed by atoms with Gasteiger partial charge in [0, 0.05) is 11.9 Å². The summed E-state index contributed by atoms with van der Waals surface area (Å²) in [5.41, 5.74) is 0.612. The van der Waals surface area contributed by atoms with E-state index in [-0.39, 0.29) is 11.7 Å². The van der Waals surface area contributed by atoms with Crippen LogP contribution in [0.1, 0.15) is 31.3 Å². The molecule has 0 saturated carbocycles. The van der Waals surface area contributed by atoms with Crippen LogP contribution in [0.5, 0.6) is 0 Å². The van der Waals surface area contributed by atoms with Crippen molar-refractivity contribution < 1.29 is 18.7 Å². The van der Waals surface area contributed by atoms with Gasteiger partial charge in [0.15, 0.2) is 6.10 Å². The minimum atomic E-state index is -0.857. The first-order valence-electron chi connectivity index (χ1n) is 6.94. The van der Waals surface area contributed by atoms with Crippen LogP contribution in [-0.2, 0) is 9.53 Å². The summed E-state index contributed by atoms with van der Waals surface area (Å²) in [7, 11) is 0. The second-order valence-electron chi connectivity index (χ2n) is 5.34. The van der Waals surface area contributed by atoms with Gasteiger partial charge in [0.05, 0.1) is 0 Å². The van der Waals surface area contributed by atoms with Gasteiger partial charge in [-0.1, -0.05) is 32.0 Å². The Labute approximate surface area is 123 Å². The van der Waals surface area contributed by atoms with Gasteiger partial charge >= 0.3 is 5.97 Å². The molecule has 0 unspecified atom stereocenters. The molecule has 2 rings (SSSR count). The van der Waals surface area contributed by atoms with E-state index in [4.69, 9.17) is 9.15 Å². The molecule has 1 heterocycles. The Morgan fingerprint density at radius 1 is 1.24 bits per heavy atom. The molecule has 0 aliphatic heterocycles. The third-order valence-electron chi connectivity index (χ3n) is 2.96. The Morgan fingerprint density at radius 2 is 1.95 bits per heavy atom. The van der Waals surface area contributed by atoms with Crippen LogP contribution >= 0.6 is 0 Å². The number of benzene rings is 1. The van der Waals surface area contributed by atoms with Crippen molar-refractivity contribution in [2.75, 3.05) is 6.54 Å². The first-order chi connectivity index (χ1) is 9.97. The predicted molar refractivity (Wildman–Crippen MR) is 78.9 cm³/mol. The maximum absolute atomic E-state index is 12.0. The van der Waals surface area contributed by atoms with Crippen LogP contribution in [0.4, 0.5) is 0 Å². The Bertz CT molecular complexity index is 612. The van der Waals surface area contributed by atoms with Crippen molar-refractivity contribution in [3.05, 3.63) is 36.1 Å². The molecule has 1 N–H and O–H groups in total. The molecule has 0 aliphatic carbocycles. The molecule has 112 valence electrons. The average Bonchev–Trinajstić information content (AvgIpc) is 2.88. The van der Waals surface area contributed by atoms with Crippen LogP contribution in [0, 0.1) is 5.92 Å². The van der Waals surface area contributed by atoms with Crippen LogP contribution in [0.3, 0.4) is 0 Å². The second kappa shape index (κ2) is 6.43. The SMILES string of the molecule is CC(C)CNC(=O)[C@H](C)OC(=O)c1cc2ccccc2o1. The van der Waals surface area contributed by atoms with E-state index in [9.17, 15) is 9.59 Å². The average molecular weight is 289 g/mol. The molecule has 1 atom stereocenters. The van der Waals surface area contributed by atoms with Crippen molar-refractivity contribution in [2.24, 2.45) is 5.92 Å². The van der Waals surface area contributed by atoms with Gasteiger partial charge in [-0.2, -0.15) is 0 Å². The van der Waals surface area contributed by atoms with Gasteiger partial charge in [-0.25, -0.2) is 4.79 Å². The zero-order valence-corrected chi connectivity index (χ0v) is 12.4. The summed E-state index contributed by atoms with van der Waals surface area (Å²) in [6.07, 6.45) is -0.857. The zero-order valence-electron chi connectivity index (χ0n) is 12.4. The fourth-order valence-electron chi connectivity index (χ4n) is 1.80. The lowest BCUT2D eigenvalue weighted by Crippen LogP contribution is -2.37. The Morgan fingerprint density at radius 3 is 2.62 bits per heavy atom. The number of hydrogen-bond donors (Lipinski definition) is 1. The lowest BCUT2D eigenvalue weighted by atomic mass is 10.2. The summed E-state index contributed by atoms with van der Waals surface area (Å²) in [6.45, 7) is 6.07. The summed E-state index contributed by atoms with van der Waals surface area (Å²) in [4.78, 5) is 23.7. The van der Waals surface area contributed by atoms with Crippen LogP contribution in [0.25, 0.3) is 11.0 Å². The van der Waals surface area contributed by atoms with Crippen molar-refractivity contribution in [2.45, 2.75) is 26.9 Å². The van der Waals surface area contributed by atoms with Crippen molar-refractivity contribution in [1.29, 1.82) is 0 Å². The van der Waals surface area contributed by atoms with Crippen LogP contribution in [0.2, 0.25) is 0 Å². The molecule has 21 heavy (non-hydrogen) atoms. The lowest BCUT2D eigenvalue weighted by Gasteiger charge is -2.13. The number of carbonyl (C=O) groups is 2. The van der Waals surface area contributed by atoms with Gasteiger partial charge < -0.3 is 14.5 Å². The van der Waals surface area contributed by atoms with Crippen LogP contribution in [-0.4, -0.2) is 24.5 Å². The van der Waals surface area contributed by atoms with E-state index in [0.717, 1.165) is 5.39 Å². The first-order valence-corrected chi connectivity index (χ1v) is 6.94. The summed E-state index contributed by atoms with van der Waals surface area (Å²) < 4.78 is 10.5. The van der Waals surface area contributed by atoms with Crippen molar-refractivity contribution in [3.63, 3.8) is 0 Å². The summed E-state index contributed by atoms with van der Waals surface area (Å²) in [5.74, 6) is -0.515. The van der Waals surface area contributed by atoms with E-state index < -0.39 is 12.1 Å². The van der Waals surface area contributed by atoms with Gasteiger partial charge in [-0.3, -0.25) is 4.79 Å². The quantitative estimate of drug-likeness (QED) is 0.859. The molecule has 2 aromatic rings. The Kier molecular flexibility index (Phi) is 4.62. The molecule has 0 bridgehead atoms. The number of amides is 1. The van der Waals surface area contributed by atoms with Crippen LogP contribution < -0.4 is 5.32 Å². The highest BCUT2D eigenvalue weighted by atomic mass is 16.6. The smallest absolute Gasteiger partial charge is 0.375 e. The molecular weight excluding hydrogens is 270 g/mol. The highest BCUT2D eigenvalue weighted by Gasteiger charge is 2.21. The molecule has 0 spiro atoms. The fraction of sp³-hybridized carbons (Fsp3) is 0.375. The van der Waals surface area contributed by atoms with E-state index in [2.05, 4.69) is 5.32 Å². The number of nitrogens with one attached hydrogen (secondary N) is 1. The van der Waals surface area contributed by atoms with Gasteiger partial charge in [0.25, 0.3) is 5.91 Å². The molecule has 0 fully saturated rings. The maximum atomic E-state index is 12.0. The number of para-hydroxylation sites is 1. The number of hydrogen-bond acceptors (Lipinski definition) is 4. The van der Waals surface area contributed by atoms with E-state index in [1.54, 1.807) is 12.1 Å². The summed E-state index contributed by atoms with van der Waals surface area (Å²) in [6, 6.07) is 8.90. The fourth-order valence-corrected chi connectivity index (χ4v) is 1.80. The molecule has 5 heteroatoms. The molecule has 1 aromatic heterocycles. The number of esters is 1. The van der Waals surface area contributed by atoms with Crippen molar-refractivity contribution in [3.8, 4) is 0 Å². The monoisotopic (exact) mass is 289 g/mol. The largest absolute Gasteiger partial charge is 0.449 e. The van der Waals surface area contributed by atoms with Gasteiger partial charge in [-0.15, -0.1) is 0 Å². The molecular formula is C16H19NO4. The molecule has 0 aliphatic rings.